The van der Waals surface area contributed by atoms with Gasteiger partial charge in [-0.2, -0.15) is 40.2 Å². The van der Waals surface area contributed by atoms with Gasteiger partial charge in [-0.25, -0.2) is 4.98 Å². The van der Waals surface area contributed by atoms with Gasteiger partial charge in [0.2, 0.25) is 33.9 Å². The molecular formula is C43H38ClN9O13PS3+. The second kappa shape index (κ2) is 19.1. The molecule has 0 spiro atoms. The van der Waals surface area contributed by atoms with Crippen LogP contribution in [0.2, 0.25) is 5.28 Å². The number of hydrogen-bond donors (Lipinski definition) is 8. The van der Waals surface area contributed by atoms with Crippen LogP contribution in [0.3, 0.4) is 0 Å². The number of nitrogens with one attached hydrogen (secondary N) is 3. The van der Waals surface area contributed by atoms with Gasteiger partial charge < -0.3 is 35.4 Å². The van der Waals surface area contributed by atoms with Crippen molar-refractivity contribution in [2.45, 2.75) is 28.2 Å². The zero-order valence-electron chi connectivity index (χ0n) is 36.2. The molecule has 0 atom stereocenters. The average Bonchev–Trinajstić information content (AvgIpc) is 3.29. The summed E-state index contributed by atoms with van der Waals surface area (Å²) in [5.74, 6) is -0.456. The number of methoxy groups -OCH3 is 1. The predicted octanol–water partition coefficient (Wildman–Crippen LogP) is 6.31. The average molecular weight is 1050 g/mol. The zero-order valence-corrected chi connectivity index (χ0v) is 40.3. The predicted molar refractivity (Wildman–Crippen MR) is 259 cm³/mol. The summed E-state index contributed by atoms with van der Waals surface area (Å²) >= 11 is 6.16. The molecule has 8 N–H and O–H groups in total. The van der Waals surface area contributed by atoms with E-state index < -0.39 is 47.7 Å². The molecule has 8 aromatic rings. The first-order valence-corrected chi connectivity index (χ1v) is 26.5. The maximum absolute atomic E-state index is 12.9. The Balaban J connectivity index is 1.19. The number of nitrogens with zero attached hydrogens (tertiary/aromatic N) is 6. The highest BCUT2D eigenvalue weighted by Gasteiger charge is 2.27. The van der Waals surface area contributed by atoms with Crippen LogP contribution in [-0.4, -0.2) is 82.3 Å². The summed E-state index contributed by atoms with van der Waals surface area (Å²) in [4.78, 5) is 36.8. The molecule has 2 heterocycles. The van der Waals surface area contributed by atoms with Gasteiger partial charge in [-0.1, -0.05) is 18.2 Å². The fraction of sp³-hybridized carbons (Fsp3) is 0.0930. The quantitative estimate of drug-likeness (QED) is 0.0227. The lowest BCUT2D eigenvalue weighted by atomic mass is 10.1. The molecule has 2 aromatic heterocycles. The molecule has 0 amide bonds. The number of fused-ring (bicyclic) bond motifs is 2. The number of anilines is 7. The largest absolute Gasteiger partial charge is 0.495 e. The van der Waals surface area contributed by atoms with E-state index >= 15 is 0 Å². The van der Waals surface area contributed by atoms with Gasteiger partial charge >= 0.3 is 7.60 Å². The highest BCUT2D eigenvalue weighted by atomic mass is 35.5. The number of hydrogen-bond acceptors (Lipinski definition) is 16. The van der Waals surface area contributed by atoms with Crippen LogP contribution >= 0.6 is 19.2 Å². The first-order valence-electron chi connectivity index (χ1n) is 20.2. The van der Waals surface area contributed by atoms with E-state index in [1.54, 1.807) is 53.1 Å². The van der Waals surface area contributed by atoms with Crippen molar-refractivity contribution in [1.29, 1.82) is 0 Å². The summed E-state index contributed by atoms with van der Waals surface area (Å²) in [6.45, 7) is 2.52. The van der Waals surface area contributed by atoms with Gasteiger partial charge in [0.25, 0.3) is 30.4 Å². The minimum atomic E-state index is -4.95. The molecule has 0 fully saturated rings. The molecular weight excluding hydrogens is 1010 g/mol. The molecule has 0 aliphatic rings. The third-order valence-corrected chi connectivity index (χ3v) is 14.2. The van der Waals surface area contributed by atoms with E-state index in [4.69, 9.17) is 21.3 Å². The minimum absolute atomic E-state index is 0.0686. The summed E-state index contributed by atoms with van der Waals surface area (Å²) in [6, 6.07) is 29.3. The molecule has 27 heteroatoms. The Morgan fingerprint density at radius 3 is 1.93 bits per heavy atom. The molecule has 0 unspecified atom stereocenters. The molecule has 0 aliphatic heterocycles. The van der Waals surface area contributed by atoms with Gasteiger partial charge in [0.05, 0.1) is 23.0 Å². The topological polar surface area (TPSA) is 325 Å². The SMILES string of the molecule is CCN(Cc1cccc(S(=O)(=O)O)c1)c1ccc2nc3ccc(Nc4ccc(Nc5nc(Cl)nc(Nc6cccc(P(=O)(O)O)c6)n5)cc4S(=O)(=O)O)cc3[n+](-c3ccc(OC)c(S(=O)(=O)O)c3)c2c1. The maximum atomic E-state index is 12.9. The summed E-state index contributed by atoms with van der Waals surface area (Å²) in [7, 11) is -17.6. The van der Waals surface area contributed by atoms with E-state index in [0.29, 0.717) is 39.9 Å². The van der Waals surface area contributed by atoms with Gasteiger partial charge in [0.15, 0.2) is 0 Å². The summed E-state index contributed by atoms with van der Waals surface area (Å²) in [5.41, 5.74) is 3.49. The van der Waals surface area contributed by atoms with Crippen LogP contribution < -0.4 is 35.5 Å². The first kappa shape index (κ1) is 49.5. The number of benzene rings is 6. The van der Waals surface area contributed by atoms with Gasteiger partial charge in [-0.15, -0.1) is 4.57 Å². The second-order valence-electron chi connectivity index (χ2n) is 15.2. The Hall–Kier alpha value is -6.90. The molecule has 0 saturated heterocycles. The minimum Gasteiger partial charge on any atom is -0.495 e. The molecule has 70 heavy (non-hydrogen) atoms. The fourth-order valence-electron chi connectivity index (χ4n) is 7.37. The third-order valence-electron chi connectivity index (χ3n) is 10.5. The van der Waals surface area contributed by atoms with Crippen molar-refractivity contribution in [3.63, 3.8) is 0 Å². The lowest BCUT2D eigenvalue weighted by molar-refractivity contribution is -0.538. The van der Waals surface area contributed by atoms with Crippen molar-refractivity contribution in [2.75, 3.05) is 34.5 Å². The van der Waals surface area contributed by atoms with Crippen LogP contribution in [0.4, 0.5) is 40.3 Å². The van der Waals surface area contributed by atoms with Gasteiger partial charge in [-0.3, -0.25) is 18.2 Å². The third kappa shape index (κ3) is 11.1. The molecule has 8 rings (SSSR count). The molecule has 22 nitrogen and oxygen atoms in total. The number of rotatable bonds is 16. The number of aromatic nitrogens is 5. The zero-order chi connectivity index (χ0) is 50.3. The van der Waals surface area contributed by atoms with E-state index in [-0.39, 0.29) is 68.1 Å². The summed E-state index contributed by atoms with van der Waals surface area (Å²) in [5, 5.41) is 8.04. The van der Waals surface area contributed by atoms with Crippen LogP contribution in [0.5, 0.6) is 5.75 Å². The van der Waals surface area contributed by atoms with Crippen LogP contribution in [0.1, 0.15) is 12.5 Å². The van der Waals surface area contributed by atoms with Crippen molar-refractivity contribution in [2.24, 2.45) is 0 Å². The van der Waals surface area contributed by atoms with E-state index in [9.17, 15) is 53.3 Å². The van der Waals surface area contributed by atoms with Gasteiger partial charge in [-0.05, 0) is 103 Å². The lowest BCUT2D eigenvalue weighted by Crippen LogP contribution is -2.34. The highest BCUT2D eigenvalue weighted by molar-refractivity contribution is 7.86. The highest BCUT2D eigenvalue weighted by Crippen LogP contribution is 2.35. The Morgan fingerprint density at radius 1 is 0.657 bits per heavy atom. The molecule has 0 aliphatic carbocycles. The van der Waals surface area contributed by atoms with E-state index in [1.165, 1.54) is 73.8 Å². The summed E-state index contributed by atoms with van der Waals surface area (Å²) in [6.07, 6.45) is 0. The van der Waals surface area contributed by atoms with Crippen LogP contribution in [-0.2, 0) is 41.5 Å². The molecule has 0 bridgehead atoms. The normalized spacial score (nSPS) is 12.2. The van der Waals surface area contributed by atoms with Crippen molar-refractivity contribution in [1.82, 2.24) is 19.9 Å². The lowest BCUT2D eigenvalue weighted by Gasteiger charge is -2.23. The first-order chi connectivity index (χ1) is 33.0. The Labute approximate surface area is 404 Å². The van der Waals surface area contributed by atoms with Crippen LogP contribution in [0.15, 0.2) is 136 Å². The van der Waals surface area contributed by atoms with Crippen LogP contribution in [0, 0.1) is 0 Å². The molecule has 0 radical (unpaired) electrons. The second-order valence-corrected chi connectivity index (χ2v) is 21.3. The monoisotopic (exact) mass is 1050 g/mol. The van der Waals surface area contributed by atoms with Crippen molar-refractivity contribution in [3.8, 4) is 11.4 Å². The van der Waals surface area contributed by atoms with E-state index in [1.807, 2.05) is 11.8 Å². The van der Waals surface area contributed by atoms with Crippen molar-refractivity contribution >= 4 is 117 Å². The standard InChI is InChI=1S/C43H37ClN9O13PS3/c1-3-52(24-25-6-4-9-32(18-25)68(57,58)59)29-12-16-34-37(22-29)53(30-13-17-38(66-2)40(23-30)70(63,64)65)36-20-27(10-14-33(36)48-34)45-35-15-11-28(21-39(35)69(60,61)62)47-43-50-41(44)49-42(51-43)46-26-7-5-8-31(19-26)67(54,55)56/h4-23H,3,24H2,1-2H3,(H7,46,47,48,49,50,51,54,55,56,57,58,59,60,61,62,63,64,65)/p+1. The molecule has 362 valence electrons. The van der Waals surface area contributed by atoms with Gasteiger partial charge in [0, 0.05) is 60.1 Å². The van der Waals surface area contributed by atoms with Crippen molar-refractivity contribution in [3.05, 3.63) is 132 Å². The Morgan fingerprint density at radius 2 is 1.29 bits per heavy atom. The number of halogens is 1. The van der Waals surface area contributed by atoms with Gasteiger partial charge in [0.1, 0.15) is 26.6 Å². The Kier molecular flexibility index (Phi) is 13.5. The smallest absolute Gasteiger partial charge is 0.356 e. The summed E-state index contributed by atoms with van der Waals surface area (Å²) < 4.78 is 124. The molecule has 6 aromatic carbocycles. The Bertz CT molecular complexity index is 3800. The van der Waals surface area contributed by atoms with E-state index in [2.05, 4.69) is 30.9 Å². The fourth-order valence-corrected chi connectivity index (χ4v) is 10.0. The van der Waals surface area contributed by atoms with E-state index in [0.717, 1.165) is 6.07 Å². The van der Waals surface area contributed by atoms with Crippen molar-refractivity contribution < 1.29 is 62.6 Å². The number of ether oxygens (including phenoxy) is 1. The maximum Gasteiger partial charge on any atom is 0.356 e. The van der Waals surface area contributed by atoms with Crippen LogP contribution in [0.25, 0.3) is 27.8 Å². The molecule has 0 saturated carbocycles.